The molecule has 0 bridgehead atoms. The van der Waals surface area contributed by atoms with Crippen LogP contribution in [-0.2, 0) is 0 Å². The summed E-state index contributed by atoms with van der Waals surface area (Å²) in [5.74, 6) is 2.25. The van der Waals surface area contributed by atoms with E-state index < -0.39 is 0 Å². The maximum Gasteiger partial charge on any atom is 0.0558 e. The number of thioether (sulfide) groups is 4. The Morgan fingerprint density at radius 3 is 1.56 bits per heavy atom. The molecular formula is C12H22O2S4. The largest absolute Gasteiger partial charge is 0.395 e. The van der Waals surface area contributed by atoms with Gasteiger partial charge in [-0.25, -0.2) is 0 Å². The summed E-state index contributed by atoms with van der Waals surface area (Å²) in [4.78, 5) is 0. The van der Waals surface area contributed by atoms with Crippen LogP contribution in [0.5, 0.6) is 0 Å². The van der Waals surface area contributed by atoms with E-state index in [1.165, 1.54) is 25.7 Å². The fourth-order valence-electron chi connectivity index (χ4n) is 2.13. The van der Waals surface area contributed by atoms with E-state index >= 15 is 0 Å². The van der Waals surface area contributed by atoms with Gasteiger partial charge in [-0.15, -0.1) is 47.0 Å². The van der Waals surface area contributed by atoms with Gasteiger partial charge in [-0.1, -0.05) is 12.8 Å². The van der Waals surface area contributed by atoms with E-state index in [0.717, 1.165) is 20.7 Å². The van der Waals surface area contributed by atoms with Gasteiger partial charge in [-0.2, -0.15) is 0 Å². The molecule has 2 saturated heterocycles. The van der Waals surface area contributed by atoms with Gasteiger partial charge in [-0.05, 0) is 12.8 Å². The smallest absolute Gasteiger partial charge is 0.0558 e. The monoisotopic (exact) mass is 326 g/mol. The average Bonchev–Trinajstić information content (AvgIpc) is 3.03. The van der Waals surface area contributed by atoms with Crippen LogP contribution < -0.4 is 0 Å². The zero-order chi connectivity index (χ0) is 12.8. The summed E-state index contributed by atoms with van der Waals surface area (Å²) in [6.45, 7) is 0.679. The van der Waals surface area contributed by atoms with Crippen LogP contribution in [0.2, 0.25) is 0 Å². The molecule has 0 radical (unpaired) electrons. The van der Waals surface area contributed by atoms with Crippen molar-refractivity contribution < 1.29 is 10.2 Å². The van der Waals surface area contributed by atoms with Crippen LogP contribution in [0.3, 0.4) is 0 Å². The van der Waals surface area contributed by atoms with E-state index in [0.29, 0.717) is 23.7 Å². The molecule has 0 amide bonds. The van der Waals surface area contributed by atoms with Crippen molar-refractivity contribution in [3.05, 3.63) is 0 Å². The molecule has 2 nitrogen and oxygen atoms in total. The Labute approximate surface area is 127 Å². The molecule has 2 aliphatic rings. The third-order valence-electron chi connectivity index (χ3n) is 3.16. The molecule has 6 heteroatoms. The van der Waals surface area contributed by atoms with E-state index in [1.54, 1.807) is 0 Å². The molecule has 0 aromatic carbocycles. The Morgan fingerprint density at radius 2 is 1.22 bits per heavy atom. The molecule has 18 heavy (non-hydrogen) atoms. The topological polar surface area (TPSA) is 40.5 Å². The number of aliphatic hydroxyl groups excluding tert-OH is 2. The molecule has 106 valence electrons. The summed E-state index contributed by atoms with van der Waals surface area (Å²) in [5, 5.41) is 19.1. The number of unbranched alkanes of at least 4 members (excludes halogenated alkanes) is 1. The molecule has 2 fully saturated rings. The molecule has 2 heterocycles. The zero-order valence-corrected chi connectivity index (χ0v) is 13.8. The van der Waals surface area contributed by atoms with Gasteiger partial charge >= 0.3 is 0 Å². The second-order valence-electron chi connectivity index (χ2n) is 4.69. The van der Waals surface area contributed by atoms with Crippen molar-refractivity contribution in [3.8, 4) is 0 Å². The van der Waals surface area contributed by atoms with Gasteiger partial charge in [0.2, 0.25) is 0 Å². The van der Waals surface area contributed by atoms with Gasteiger partial charge in [0.15, 0.2) is 0 Å². The van der Waals surface area contributed by atoms with Gasteiger partial charge < -0.3 is 10.2 Å². The van der Waals surface area contributed by atoms with Crippen molar-refractivity contribution in [1.29, 1.82) is 0 Å². The van der Waals surface area contributed by atoms with Crippen molar-refractivity contribution >= 4 is 47.0 Å². The maximum atomic E-state index is 9.09. The van der Waals surface area contributed by atoms with Crippen LogP contribution in [0.15, 0.2) is 0 Å². The first-order chi connectivity index (χ1) is 8.81. The van der Waals surface area contributed by atoms with Crippen LogP contribution in [0.1, 0.15) is 25.7 Å². The van der Waals surface area contributed by atoms with Crippen LogP contribution in [0, 0.1) is 0 Å². The predicted molar refractivity (Wildman–Crippen MR) is 87.9 cm³/mol. The quantitative estimate of drug-likeness (QED) is 0.701. The van der Waals surface area contributed by atoms with Gasteiger partial charge in [-0.3, -0.25) is 0 Å². The highest BCUT2D eigenvalue weighted by Crippen LogP contribution is 2.42. The highest BCUT2D eigenvalue weighted by molar-refractivity contribution is 8.20. The summed E-state index contributed by atoms with van der Waals surface area (Å²) in [7, 11) is 0. The number of aliphatic hydroxyl groups is 2. The zero-order valence-electron chi connectivity index (χ0n) is 10.5. The van der Waals surface area contributed by atoms with Gasteiger partial charge in [0.05, 0.1) is 22.4 Å². The highest BCUT2D eigenvalue weighted by atomic mass is 32.2. The standard InChI is InChI=1S/C12H22O2S4/c13-5-9-7-15-11(17-9)3-1-2-4-12-16-8-10(6-14)18-12/h9-14H,1-8H2. The number of hydrogen-bond donors (Lipinski definition) is 2. The van der Waals surface area contributed by atoms with Crippen LogP contribution in [0.25, 0.3) is 0 Å². The fraction of sp³-hybridized carbons (Fsp3) is 1.00. The molecule has 2 rings (SSSR count). The minimum absolute atomic E-state index is 0.339. The SMILES string of the molecule is OCC1CSC(CCCCC2SCC(CO)S2)S1. The first-order valence-electron chi connectivity index (χ1n) is 6.57. The second-order valence-corrected chi connectivity index (χ2v) is 10.8. The predicted octanol–water partition coefficient (Wildman–Crippen LogP) is 2.88. The molecule has 0 aromatic heterocycles. The van der Waals surface area contributed by atoms with Crippen LogP contribution in [0.4, 0.5) is 0 Å². The fourth-order valence-corrected chi connectivity index (χ4v) is 8.65. The Bertz CT molecular complexity index is 218. The second kappa shape index (κ2) is 8.57. The van der Waals surface area contributed by atoms with Crippen LogP contribution >= 0.6 is 47.0 Å². The average molecular weight is 327 g/mol. The van der Waals surface area contributed by atoms with Crippen molar-refractivity contribution in [1.82, 2.24) is 0 Å². The molecule has 0 aromatic rings. The third-order valence-corrected chi connectivity index (χ3v) is 9.95. The van der Waals surface area contributed by atoms with E-state index in [4.69, 9.17) is 10.2 Å². The normalized spacial score (nSPS) is 36.3. The molecule has 2 aliphatic heterocycles. The minimum atomic E-state index is 0.339. The first-order valence-corrected chi connectivity index (χ1v) is 10.6. The molecule has 0 aliphatic carbocycles. The Balaban J connectivity index is 1.49. The van der Waals surface area contributed by atoms with Crippen molar-refractivity contribution in [2.45, 2.75) is 45.3 Å². The lowest BCUT2D eigenvalue weighted by Gasteiger charge is -2.11. The van der Waals surface area contributed by atoms with E-state index in [9.17, 15) is 0 Å². The molecule has 4 unspecified atom stereocenters. The minimum Gasteiger partial charge on any atom is -0.395 e. The first kappa shape index (κ1) is 15.7. The lowest BCUT2D eigenvalue weighted by Crippen LogP contribution is -2.06. The maximum absolute atomic E-state index is 9.09. The summed E-state index contributed by atoms with van der Waals surface area (Å²) in [6, 6.07) is 0. The van der Waals surface area contributed by atoms with E-state index in [2.05, 4.69) is 0 Å². The van der Waals surface area contributed by atoms with Gasteiger partial charge in [0.1, 0.15) is 0 Å². The van der Waals surface area contributed by atoms with E-state index in [1.807, 2.05) is 47.0 Å². The summed E-state index contributed by atoms with van der Waals surface area (Å²) in [6.07, 6.45) is 5.20. The number of rotatable bonds is 7. The lowest BCUT2D eigenvalue weighted by atomic mass is 10.2. The van der Waals surface area contributed by atoms with Crippen molar-refractivity contribution in [2.24, 2.45) is 0 Å². The number of hydrogen-bond acceptors (Lipinski definition) is 6. The van der Waals surface area contributed by atoms with Crippen molar-refractivity contribution in [2.75, 3.05) is 24.7 Å². The summed E-state index contributed by atoms with van der Waals surface area (Å²) < 4.78 is 1.44. The van der Waals surface area contributed by atoms with Crippen molar-refractivity contribution in [3.63, 3.8) is 0 Å². The third kappa shape index (κ3) is 5.02. The summed E-state index contributed by atoms with van der Waals surface area (Å²) >= 11 is 7.98. The lowest BCUT2D eigenvalue weighted by molar-refractivity contribution is 0.301. The highest BCUT2D eigenvalue weighted by Gasteiger charge is 2.26. The van der Waals surface area contributed by atoms with Gasteiger partial charge in [0, 0.05) is 22.0 Å². The Morgan fingerprint density at radius 1 is 0.778 bits per heavy atom. The molecule has 0 spiro atoms. The molecular weight excluding hydrogens is 304 g/mol. The molecule has 0 saturated carbocycles. The Kier molecular flexibility index (Phi) is 7.48. The Hall–Kier alpha value is 1.32. The van der Waals surface area contributed by atoms with E-state index in [-0.39, 0.29) is 0 Å². The van der Waals surface area contributed by atoms with Gasteiger partial charge in [0.25, 0.3) is 0 Å². The van der Waals surface area contributed by atoms with Crippen LogP contribution in [-0.4, -0.2) is 54.6 Å². The summed E-state index contributed by atoms with van der Waals surface area (Å²) in [5.41, 5.74) is 0. The molecule has 2 N–H and O–H groups in total. The molecule has 4 atom stereocenters.